The van der Waals surface area contributed by atoms with Gasteiger partial charge in [0.25, 0.3) is 0 Å². The van der Waals surface area contributed by atoms with Crippen molar-refractivity contribution < 1.29 is 5.11 Å². The van der Waals surface area contributed by atoms with Gasteiger partial charge in [0.1, 0.15) is 0 Å². The normalized spacial score (nSPS) is 14.5. The van der Waals surface area contributed by atoms with Gasteiger partial charge in [-0.1, -0.05) is 13.8 Å². The number of hydrogen-bond acceptors (Lipinski definition) is 4. The molecule has 5 heteroatoms. The van der Waals surface area contributed by atoms with Gasteiger partial charge in [0.05, 0.1) is 12.8 Å². The van der Waals surface area contributed by atoms with Crippen molar-refractivity contribution in [3.63, 3.8) is 0 Å². The van der Waals surface area contributed by atoms with E-state index in [-0.39, 0.29) is 12.1 Å². The summed E-state index contributed by atoms with van der Waals surface area (Å²) in [5.41, 5.74) is -0.0918. The molecule has 0 radical (unpaired) electrons. The molecule has 4 nitrogen and oxygen atoms in total. The molecule has 1 heterocycles. The summed E-state index contributed by atoms with van der Waals surface area (Å²) in [6.07, 6.45) is 8.14. The largest absolute Gasteiger partial charge is 0.394 e. The average molecular weight is 285 g/mol. The first-order valence-electron chi connectivity index (χ1n) is 7.13. The number of aryl methyl sites for hydroxylation is 1. The first-order valence-corrected chi connectivity index (χ1v) is 8.11. The lowest BCUT2D eigenvalue weighted by atomic mass is 9.91. The number of nitrogens with zero attached hydrogens (tertiary/aromatic N) is 2. The summed E-state index contributed by atoms with van der Waals surface area (Å²) in [5.74, 6) is 1.07. The highest BCUT2D eigenvalue weighted by Gasteiger charge is 2.25. The van der Waals surface area contributed by atoms with Crippen molar-refractivity contribution in [2.24, 2.45) is 7.05 Å². The van der Waals surface area contributed by atoms with Gasteiger partial charge in [-0.25, -0.2) is 0 Å². The summed E-state index contributed by atoms with van der Waals surface area (Å²) in [4.78, 5) is 1.22. The minimum atomic E-state index is -0.0918. The standard InChI is InChI=1S/C14H27N3OS/c1-4-8-15-14(5-2,12-18)7-6-9-19-13-10-16-17(3)11-13/h10-11,15,18H,4-9,12H2,1-3H3. The van der Waals surface area contributed by atoms with Gasteiger partial charge < -0.3 is 10.4 Å². The van der Waals surface area contributed by atoms with Gasteiger partial charge >= 0.3 is 0 Å². The van der Waals surface area contributed by atoms with Crippen molar-refractivity contribution in [1.29, 1.82) is 0 Å². The lowest BCUT2D eigenvalue weighted by molar-refractivity contribution is 0.146. The molecule has 0 aliphatic heterocycles. The zero-order chi connectivity index (χ0) is 14.1. The smallest absolute Gasteiger partial charge is 0.0625 e. The molecule has 0 aliphatic carbocycles. The summed E-state index contributed by atoms with van der Waals surface area (Å²) in [7, 11) is 1.94. The highest BCUT2D eigenvalue weighted by Crippen LogP contribution is 2.22. The number of hydrogen-bond donors (Lipinski definition) is 2. The summed E-state index contributed by atoms with van der Waals surface area (Å²) in [6.45, 7) is 5.50. The zero-order valence-electron chi connectivity index (χ0n) is 12.4. The van der Waals surface area contributed by atoms with Gasteiger partial charge in [-0.3, -0.25) is 4.68 Å². The third-order valence-electron chi connectivity index (χ3n) is 3.48. The maximum absolute atomic E-state index is 9.64. The van der Waals surface area contributed by atoms with E-state index in [1.165, 1.54) is 4.90 Å². The fourth-order valence-electron chi connectivity index (χ4n) is 2.10. The van der Waals surface area contributed by atoms with Crippen LogP contribution in [0.1, 0.15) is 39.5 Å². The highest BCUT2D eigenvalue weighted by molar-refractivity contribution is 7.99. The van der Waals surface area contributed by atoms with Crippen LogP contribution in [0.4, 0.5) is 0 Å². The van der Waals surface area contributed by atoms with Crippen LogP contribution in [0.25, 0.3) is 0 Å². The molecule has 0 fully saturated rings. The molecule has 0 spiro atoms. The van der Waals surface area contributed by atoms with Crippen molar-refractivity contribution in [3.8, 4) is 0 Å². The van der Waals surface area contributed by atoms with Crippen LogP contribution in [0.5, 0.6) is 0 Å². The Kier molecular flexibility index (Phi) is 7.49. The van der Waals surface area contributed by atoms with E-state index in [1.807, 2.05) is 35.9 Å². The quantitative estimate of drug-likeness (QED) is 0.512. The molecule has 0 saturated heterocycles. The molecule has 1 aromatic heterocycles. The monoisotopic (exact) mass is 285 g/mol. The highest BCUT2D eigenvalue weighted by atomic mass is 32.2. The summed E-state index contributed by atoms with van der Waals surface area (Å²) in [5, 5.41) is 17.3. The Labute approximate surface area is 121 Å². The topological polar surface area (TPSA) is 50.1 Å². The van der Waals surface area contributed by atoms with Gasteiger partial charge in [0.15, 0.2) is 0 Å². The van der Waals surface area contributed by atoms with E-state index >= 15 is 0 Å². The van der Waals surface area contributed by atoms with E-state index in [0.717, 1.165) is 38.0 Å². The number of nitrogens with one attached hydrogen (secondary N) is 1. The van der Waals surface area contributed by atoms with Crippen LogP contribution >= 0.6 is 11.8 Å². The minimum absolute atomic E-state index is 0.0918. The van der Waals surface area contributed by atoms with Gasteiger partial charge in [-0.2, -0.15) is 5.10 Å². The van der Waals surface area contributed by atoms with Gasteiger partial charge in [-0.05, 0) is 38.0 Å². The number of thioether (sulfide) groups is 1. The van der Waals surface area contributed by atoms with E-state index in [1.54, 1.807) is 0 Å². The molecular weight excluding hydrogens is 258 g/mol. The summed E-state index contributed by atoms with van der Waals surface area (Å²) in [6, 6.07) is 0. The van der Waals surface area contributed by atoms with Crippen LogP contribution in [-0.4, -0.2) is 39.3 Å². The maximum Gasteiger partial charge on any atom is 0.0625 e. The number of aromatic nitrogens is 2. The third kappa shape index (κ3) is 5.55. The molecule has 1 atom stereocenters. The maximum atomic E-state index is 9.64. The Bertz CT molecular complexity index is 350. The van der Waals surface area contributed by atoms with Crippen LogP contribution in [0, 0.1) is 0 Å². The van der Waals surface area contributed by atoms with Crippen molar-refractivity contribution in [2.75, 3.05) is 18.9 Å². The fourth-order valence-corrected chi connectivity index (χ4v) is 2.97. The Morgan fingerprint density at radius 1 is 1.47 bits per heavy atom. The van der Waals surface area contributed by atoms with E-state index < -0.39 is 0 Å². The number of aliphatic hydroxyl groups excluding tert-OH is 1. The van der Waals surface area contributed by atoms with E-state index in [4.69, 9.17) is 0 Å². The third-order valence-corrected chi connectivity index (χ3v) is 4.52. The molecule has 1 rings (SSSR count). The Morgan fingerprint density at radius 2 is 2.26 bits per heavy atom. The van der Waals surface area contributed by atoms with Crippen molar-refractivity contribution in [3.05, 3.63) is 12.4 Å². The van der Waals surface area contributed by atoms with Crippen LogP contribution in [0.3, 0.4) is 0 Å². The number of aliphatic hydroxyl groups is 1. The molecule has 2 N–H and O–H groups in total. The predicted octanol–water partition coefficient (Wildman–Crippen LogP) is 2.43. The second-order valence-corrected chi connectivity index (χ2v) is 6.19. The van der Waals surface area contributed by atoms with Gasteiger partial charge in [0.2, 0.25) is 0 Å². The average Bonchev–Trinajstić information content (AvgIpc) is 2.84. The lowest BCUT2D eigenvalue weighted by Crippen LogP contribution is -2.48. The van der Waals surface area contributed by atoms with Crippen molar-refractivity contribution in [1.82, 2.24) is 15.1 Å². The molecule has 1 unspecified atom stereocenters. The minimum Gasteiger partial charge on any atom is -0.394 e. The van der Waals surface area contributed by atoms with Crippen molar-refractivity contribution >= 4 is 11.8 Å². The van der Waals surface area contributed by atoms with Crippen LogP contribution in [-0.2, 0) is 7.05 Å². The molecule has 19 heavy (non-hydrogen) atoms. The SMILES string of the molecule is CCCNC(CC)(CO)CCCSc1cnn(C)c1. The molecule has 110 valence electrons. The molecule has 1 aromatic rings. The van der Waals surface area contributed by atoms with E-state index in [9.17, 15) is 5.11 Å². The summed E-state index contributed by atoms with van der Waals surface area (Å²) >= 11 is 1.83. The second-order valence-electron chi connectivity index (χ2n) is 5.02. The van der Waals surface area contributed by atoms with Crippen LogP contribution in [0.15, 0.2) is 17.3 Å². The van der Waals surface area contributed by atoms with E-state index in [2.05, 4.69) is 24.3 Å². The Hall–Kier alpha value is -0.520. The van der Waals surface area contributed by atoms with E-state index in [0.29, 0.717) is 0 Å². The second kappa shape index (κ2) is 8.61. The van der Waals surface area contributed by atoms with Gasteiger partial charge in [-0.15, -0.1) is 11.8 Å². The molecular formula is C14H27N3OS. The molecule has 0 saturated carbocycles. The molecule has 0 aliphatic rings. The molecule has 0 amide bonds. The number of rotatable bonds is 10. The first kappa shape index (κ1) is 16.5. The zero-order valence-corrected chi connectivity index (χ0v) is 13.2. The predicted molar refractivity (Wildman–Crippen MR) is 81.6 cm³/mol. The Balaban J connectivity index is 2.31. The van der Waals surface area contributed by atoms with Crippen molar-refractivity contribution in [2.45, 2.75) is 50.0 Å². The van der Waals surface area contributed by atoms with Crippen LogP contribution < -0.4 is 5.32 Å². The molecule has 0 aromatic carbocycles. The lowest BCUT2D eigenvalue weighted by Gasteiger charge is -2.32. The Morgan fingerprint density at radius 3 is 2.79 bits per heavy atom. The summed E-state index contributed by atoms with van der Waals surface area (Å²) < 4.78 is 1.83. The van der Waals surface area contributed by atoms with Gasteiger partial charge in [0, 0.05) is 23.7 Å². The van der Waals surface area contributed by atoms with Crippen LogP contribution in [0.2, 0.25) is 0 Å². The molecule has 0 bridgehead atoms. The fraction of sp³-hybridized carbons (Fsp3) is 0.786. The first-order chi connectivity index (χ1) is 9.15.